The summed E-state index contributed by atoms with van der Waals surface area (Å²) in [6.07, 6.45) is 1.55. The second-order valence-corrected chi connectivity index (χ2v) is 7.94. The van der Waals surface area contributed by atoms with E-state index >= 15 is 0 Å². The lowest BCUT2D eigenvalue weighted by Crippen LogP contribution is -2.39. The quantitative estimate of drug-likeness (QED) is 0.871. The number of benzene rings is 1. The lowest BCUT2D eigenvalue weighted by molar-refractivity contribution is -0.116. The Hall–Kier alpha value is -1.05. The Bertz CT molecular complexity index is 581. The number of thioether (sulfide) groups is 1. The van der Waals surface area contributed by atoms with Crippen LogP contribution in [0, 0.1) is 0 Å². The molecule has 0 aromatic heterocycles. The van der Waals surface area contributed by atoms with Crippen LogP contribution in [0.5, 0.6) is 0 Å². The second kappa shape index (κ2) is 6.60. The molecular weight excluding hydrogens is 296 g/mol. The third-order valence-corrected chi connectivity index (χ3v) is 5.22. The van der Waals surface area contributed by atoms with E-state index in [0.717, 1.165) is 24.3 Å². The van der Waals surface area contributed by atoms with Crippen LogP contribution in [0.2, 0.25) is 0 Å². The monoisotopic (exact) mass is 314 g/mol. The third kappa shape index (κ3) is 4.50. The third-order valence-electron chi connectivity index (χ3n) is 2.98. The number of anilines is 1. The van der Waals surface area contributed by atoms with Crippen molar-refractivity contribution in [2.75, 3.05) is 29.6 Å². The summed E-state index contributed by atoms with van der Waals surface area (Å²) < 4.78 is 22.9. The SMILES string of the molecule is CS(=O)(=O)c1cccc(NC(=O)CC2CSCCN2)c1. The second-order valence-electron chi connectivity index (χ2n) is 4.78. The molecule has 1 aliphatic heterocycles. The Morgan fingerprint density at radius 2 is 2.30 bits per heavy atom. The minimum Gasteiger partial charge on any atom is -0.326 e. The fourth-order valence-electron chi connectivity index (χ4n) is 1.99. The summed E-state index contributed by atoms with van der Waals surface area (Å²) in [5.74, 6) is 1.90. The molecule has 1 unspecified atom stereocenters. The topological polar surface area (TPSA) is 75.3 Å². The van der Waals surface area contributed by atoms with Crippen LogP contribution in [-0.2, 0) is 14.6 Å². The summed E-state index contributed by atoms with van der Waals surface area (Å²) in [5.41, 5.74) is 0.515. The zero-order valence-corrected chi connectivity index (χ0v) is 12.9. The minimum atomic E-state index is -3.26. The highest BCUT2D eigenvalue weighted by molar-refractivity contribution is 7.99. The first-order chi connectivity index (χ1) is 9.45. The van der Waals surface area contributed by atoms with E-state index in [-0.39, 0.29) is 16.8 Å². The normalized spacial score (nSPS) is 19.6. The average Bonchev–Trinajstić information content (AvgIpc) is 2.39. The number of amides is 1. The van der Waals surface area contributed by atoms with Gasteiger partial charge in [0.05, 0.1) is 4.90 Å². The van der Waals surface area contributed by atoms with Gasteiger partial charge in [-0.25, -0.2) is 8.42 Å². The highest BCUT2D eigenvalue weighted by atomic mass is 32.2. The lowest BCUT2D eigenvalue weighted by atomic mass is 10.2. The van der Waals surface area contributed by atoms with Crippen LogP contribution < -0.4 is 10.6 Å². The predicted molar refractivity (Wildman–Crippen MR) is 81.9 cm³/mol. The highest BCUT2D eigenvalue weighted by Gasteiger charge is 2.17. The van der Waals surface area contributed by atoms with Gasteiger partial charge in [-0.1, -0.05) is 6.07 Å². The Labute approximate surface area is 123 Å². The van der Waals surface area contributed by atoms with Crippen LogP contribution in [0.3, 0.4) is 0 Å². The van der Waals surface area contributed by atoms with Gasteiger partial charge in [0.25, 0.3) is 0 Å². The Morgan fingerprint density at radius 1 is 1.50 bits per heavy atom. The molecule has 0 bridgehead atoms. The van der Waals surface area contributed by atoms with Gasteiger partial charge in [-0.3, -0.25) is 4.79 Å². The molecule has 2 rings (SSSR count). The van der Waals surface area contributed by atoms with Crippen molar-refractivity contribution in [3.63, 3.8) is 0 Å². The van der Waals surface area contributed by atoms with Crippen molar-refractivity contribution >= 4 is 33.2 Å². The van der Waals surface area contributed by atoms with E-state index in [9.17, 15) is 13.2 Å². The van der Waals surface area contributed by atoms with Gasteiger partial charge in [-0.2, -0.15) is 11.8 Å². The van der Waals surface area contributed by atoms with Gasteiger partial charge < -0.3 is 10.6 Å². The molecule has 1 fully saturated rings. The van der Waals surface area contributed by atoms with Crippen molar-refractivity contribution in [3.05, 3.63) is 24.3 Å². The number of sulfone groups is 1. The molecular formula is C13H18N2O3S2. The Balaban J connectivity index is 1.97. The van der Waals surface area contributed by atoms with Gasteiger partial charge >= 0.3 is 0 Å². The first kappa shape index (κ1) is 15.3. The molecule has 0 saturated carbocycles. The molecule has 0 aliphatic carbocycles. The summed E-state index contributed by atoms with van der Waals surface area (Å²) in [7, 11) is -3.26. The van der Waals surface area contributed by atoms with E-state index in [1.54, 1.807) is 12.1 Å². The molecule has 5 nitrogen and oxygen atoms in total. The van der Waals surface area contributed by atoms with Gasteiger partial charge in [0.1, 0.15) is 0 Å². The smallest absolute Gasteiger partial charge is 0.225 e. The molecule has 20 heavy (non-hydrogen) atoms. The lowest BCUT2D eigenvalue weighted by Gasteiger charge is -2.22. The fourth-order valence-corrected chi connectivity index (χ4v) is 3.61. The number of carbonyl (C=O) groups excluding carboxylic acids is 1. The van der Waals surface area contributed by atoms with Gasteiger partial charge in [0.15, 0.2) is 9.84 Å². The van der Waals surface area contributed by atoms with Crippen molar-refractivity contribution in [3.8, 4) is 0 Å². The summed E-state index contributed by atoms with van der Waals surface area (Å²) in [6.45, 7) is 0.923. The highest BCUT2D eigenvalue weighted by Crippen LogP contribution is 2.16. The maximum absolute atomic E-state index is 11.9. The van der Waals surface area contributed by atoms with Crippen molar-refractivity contribution < 1.29 is 13.2 Å². The maximum Gasteiger partial charge on any atom is 0.225 e. The van der Waals surface area contributed by atoms with Crippen molar-refractivity contribution in [2.24, 2.45) is 0 Å². The molecule has 1 amide bonds. The zero-order valence-electron chi connectivity index (χ0n) is 11.3. The summed E-state index contributed by atoms with van der Waals surface area (Å²) in [6, 6.07) is 6.50. The summed E-state index contributed by atoms with van der Waals surface area (Å²) in [4.78, 5) is 12.1. The Kier molecular flexibility index (Phi) is 5.06. The maximum atomic E-state index is 11.9. The van der Waals surface area contributed by atoms with Crippen LogP contribution >= 0.6 is 11.8 Å². The molecule has 2 N–H and O–H groups in total. The predicted octanol–water partition coefficient (Wildman–Crippen LogP) is 1.12. The zero-order chi connectivity index (χ0) is 14.6. The van der Waals surface area contributed by atoms with Gasteiger partial charge in [0.2, 0.25) is 5.91 Å². The fraction of sp³-hybridized carbons (Fsp3) is 0.462. The van der Waals surface area contributed by atoms with E-state index in [1.165, 1.54) is 12.1 Å². The van der Waals surface area contributed by atoms with Crippen LogP contribution in [-0.4, -0.2) is 44.7 Å². The largest absolute Gasteiger partial charge is 0.326 e. The van der Waals surface area contributed by atoms with Gasteiger partial charge in [0, 0.05) is 42.5 Å². The number of hydrogen-bond acceptors (Lipinski definition) is 5. The molecule has 0 radical (unpaired) electrons. The standard InChI is InChI=1S/C13H18N2O3S2/c1-20(17,18)12-4-2-3-10(7-12)15-13(16)8-11-9-19-6-5-14-11/h2-4,7,11,14H,5-6,8-9H2,1H3,(H,15,16). The van der Waals surface area contributed by atoms with E-state index < -0.39 is 9.84 Å². The summed E-state index contributed by atoms with van der Waals surface area (Å²) in [5, 5.41) is 6.04. The molecule has 1 heterocycles. The van der Waals surface area contributed by atoms with E-state index in [2.05, 4.69) is 10.6 Å². The summed E-state index contributed by atoms with van der Waals surface area (Å²) >= 11 is 1.84. The van der Waals surface area contributed by atoms with Gasteiger partial charge in [-0.15, -0.1) is 0 Å². The van der Waals surface area contributed by atoms with Gasteiger partial charge in [-0.05, 0) is 18.2 Å². The van der Waals surface area contributed by atoms with Crippen molar-refractivity contribution in [2.45, 2.75) is 17.4 Å². The van der Waals surface area contributed by atoms with Crippen molar-refractivity contribution in [1.29, 1.82) is 0 Å². The van der Waals surface area contributed by atoms with E-state index in [4.69, 9.17) is 0 Å². The number of nitrogens with one attached hydrogen (secondary N) is 2. The Morgan fingerprint density at radius 3 is 2.95 bits per heavy atom. The number of hydrogen-bond donors (Lipinski definition) is 2. The molecule has 110 valence electrons. The van der Waals surface area contributed by atoms with Crippen molar-refractivity contribution in [1.82, 2.24) is 5.32 Å². The van der Waals surface area contributed by atoms with Crippen LogP contribution in [0.4, 0.5) is 5.69 Å². The first-order valence-corrected chi connectivity index (χ1v) is 9.41. The molecule has 1 aromatic carbocycles. The number of rotatable bonds is 4. The molecule has 1 aliphatic rings. The van der Waals surface area contributed by atoms with Crippen LogP contribution in [0.1, 0.15) is 6.42 Å². The molecule has 7 heteroatoms. The minimum absolute atomic E-state index is 0.101. The number of carbonyl (C=O) groups is 1. The van der Waals surface area contributed by atoms with Crippen LogP contribution in [0.15, 0.2) is 29.2 Å². The molecule has 1 atom stereocenters. The van der Waals surface area contributed by atoms with Crippen LogP contribution in [0.25, 0.3) is 0 Å². The molecule has 1 aromatic rings. The molecule has 0 spiro atoms. The van der Waals surface area contributed by atoms with E-state index in [1.807, 2.05) is 11.8 Å². The first-order valence-electron chi connectivity index (χ1n) is 6.36. The van der Waals surface area contributed by atoms with E-state index in [0.29, 0.717) is 12.1 Å². The average molecular weight is 314 g/mol. The molecule has 1 saturated heterocycles.